The van der Waals surface area contributed by atoms with Gasteiger partial charge in [-0.2, -0.15) is 0 Å². The number of carbonyl (C=O) groups is 1. The Labute approximate surface area is 217 Å². The summed E-state index contributed by atoms with van der Waals surface area (Å²) in [6.07, 6.45) is 33.6. The molecule has 0 fully saturated rings. The van der Waals surface area contributed by atoms with Gasteiger partial charge in [0.15, 0.2) is 0 Å². The molecule has 35 heavy (non-hydrogen) atoms. The Morgan fingerprint density at radius 3 is 1.74 bits per heavy atom. The third-order valence-electron chi connectivity index (χ3n) is 6.40. The van der Waals surface area contributed by atoms with E-state index in [9.17, 15) is 15.0 Å². The molecule has 0 radical (unpaired) electrons. The van der Waals surface area contributed by atoms with Gasteiger partial charge in [0, 0.05) is 6.42 Å². The summed E-state index contributed by atoms with van der Waals surface area (Å²) in [6, 6.07) is -0.653. The number of nitrogens with one attached hydrogen (secondary N) is 1. The van der Waals surface area contributed by atoms with Crippen LogP contribution in [0.4, 0.5) is 0 Å². The summed E-state index contributed by atoms with van der Waals surface area (Å²) in [5.41, 5.74) is 0. The molecule has 3 N–H and O–H groups in total. The van der Waals surface area contributed by atoms with E-state index < -0.39 is 12.1 Å². The van der Waals surface area contributed by atoms with Crippen molar-refractivity contribution in [1.29, 1.82) is 0 Å². The summed E-state index contributed by atoms with van der Waals surface area (Å²) in [5.74, 6) is -0.0962. The minimum atomic E-state index is -0.887. The largest absolute Gasteiger partial charge is 0.394 e. The Morgan fingerprint density at radius 1 is 0.686 bits per heavy atom. The highest BCUT2D eigenvalue weighted by Gasteiger charge is 2.17. The van der Waals surface area contributed by atoms with Crippen LogP contribution in [0.2, 0.25) is 0 Å². The van der Waals surface area contributed by atoms with Crippen molar-refractivity contribution in [3.05, 3.63) is 36.5 Å². The molecule has 4 nitrogen and oxygen atoms in total. The summed E-state index contributed by atoms with van der Waals surface area (Å²) in [6.45, 7) is 4.20. The monoisotopic (exact) mass is 491 g/mol. The predicted octanol–water partition coefficient (Wildman–Crippen LogP) is 7.94. The van der Waals surface area contributed by atoms with Crippen molar-refractivity contribution in [3.63, 3.8) is 0 Å². The van der Waals surface area contributed by atoms with Crippen molar-refractivity contribution in [3.8, 4) is 0 Å². The maximum atomic E-state index is 12.2. The first-order valence-corrected chi connectivity index (χ1v) is 14.7. The second-order valence-electron chi connectivity index (χ2n) is 9.84. The molecule has 0 aliphatic heterocycles. The minimum absolute atomic E-state index is 0.0962. The van der Waals surface area contributed by atoms with Gasteiger partial charge < -0.3 is 15.5 Å². The van der Waals surface area contributed by atoms with Crippen LogP contribution in [0.15, 0.2) is 36.5 Å². The number of unbranched alkanes of at least 4 members (excludes halogenated alkanes) is 15. The molecule has 0 unspecified atom stereocenters. The number of allylic oxidation sites excluding steroid dienone is 5. The van der Waals surface area contributed by atoms with Crippen molar-refractivity contribution in [2.45, 2.75) is 148 Å². The Kier molecular flexibility index (Phi) is 26.1. The number of amides is 1. The maximum Gasteiger partial charge on any atom is 0.220 e. The second-order valence-corrected chi connectivity index (χ2v) is 9.84. The standard InChI is InChI=1S/C31H57NO3/c1-3-5-7-9-11-13-15-16-17-19-21-23-25-27-31(35)32-29(28-33)30(34)26-24-22-20-18-14-12-10-8-6-4-2/h13,15,20,22,24,26,29-30,33-34H,3-12,14,16-19,21,23,25,27-28H2,1-2H3,(H,32,35)/b15-13+,22-20+,26-24+/t29-,30+/m0/s1. The fourth-order valence-corrected chi connectivity index (χ4v) is 4.05. The van der Waals surface area contributed by atoms with Crippen molar-refractivity contribution in [2.75, 3.05) is 6.61 Å². The smallest absolute Gasteiger partial charge is 0.220 e. The molecule has 0 bridgehead atoms. The highest BCUT2D eigenvalue weighted by molar-refractivity contribution is 5.76. The molecule has 0 saturated heterocycles. The van der Waals surface area contributed by atoms with Crippen LogP contribution in [0.25, 0.3) is 0 Å². The van der Waals surface area contributed by atoms with Gasteiger partial charge in [-0.1, -0.05) is 121 Å². The van der Waals surface area contributed by atoms with Crippen molar-refractivity contribution in [1.82, 2.24) is 5.32 Å². The maximum absolute atomic E-state index is 12.2. The van der Waals surface area contributed by atoms with Gasteiger partial charge in [-0.15, -0.1) is 0 Å². The second kappa shape index (κ2) is 27.2. The average molecular weight is 492 g/mol. The van der Waals surface area contributed by atoms with E-state index >= 15 is 0 Å². The summed E-state index contributed by atoms with van der Waals surface area (Å²) in [5, 5.41) is 22.6. The number of aliphatic hydroxyl groups is 2. The van der Waals surface area contributed by atoms with Gasteiger partial charge in [0.05, 0.1) is 18.8 Å². The van der Waals surface area contributed by atoms with Crippen LogP contribution in [0.3, 0.4) is 0 Å². The lowest BCUT2D eigenvalue weighted by atomic mass is 10.1. The molecular weight excluding hydrogens is 434 g/mol. The highest BCUT2D eigenvalue weighted by atomic mass is 16.3. The predicted molar refractivity (Wildman–Crippen MR) is 152 cm³/mol. The van der Waals surface area contributed by atoms with Crippen LogP contribution >= 0.6 is 0 Å². The number of hydrogen-bond acceptors (Lipinski definition) is 3. The van der Waals surface area contributed by atoms with Crippen LogP contribution in [-0.2, 0) is 4.79 Å². The van der Waals surface area contributed by atoms with E-state index in [0.717, 1.165) is 32.1 Å². The van der Waals surface area contributed by atoms with Gasteiger partial charge >= 0.3 is 0 Å². The normalized spacial score (nSPS) is 13.8. The summed E-state index contributed by atoms with van der Waals surface area (Å²) in [7, 11) is 0. The topological polar surface area (TPSA) is 69.6 Å². The lowest BCUT2D eigenvalue weighted by Gasteiger charge is -2.19. The molecule has 0 aromatic carbocycles. The van der Waals surface area contributed by atoms with Gasteiger partial charge in [-0.25, -0.2) is 0 Å². The summed E-state index contributed by atoms with van der Waals surface area (Å²) >= 11 is 0. The van der Waals surface area contributed by atoms with E-state index in [2.05, 4.69) is 37.4 Å². The fraction of sp³-hybridized carbons (Fsp3) is 0.774. The van der Waals surface area contributed by atoms with Crippen molar-refractivity contribution in [2.24, 2.45) is 0 Å². The summed E-state index contributed by atoms with van der Waals surface area (Å²) < 4.78 is 0. The van der Waals surface area contributed by atoms with E-state index in [0.29, 0.717) is 6.42 Å². The first-order chi connectivity index (χ1) is 17.2. The molecule has 4 heteroatoms. The minimum Gasteiger partial charge on any atom is -0.394 e. The van der Waals surface area contributed by atoms with Gasteiger partial charge in [0.2, 0.25) is 5.91 Å². The molecule has 1 amide bonds. The number of rotatable bonds is 25. The summed E-state index contributed by atoms with van der Waals surface area (Å²) in [4.78, 5) is 12.2. The molecule has 0 aliphatic rings. The van der Waals surface area contributed by atoms with E-state index in [1.807, 2.05) is 6.08 Å². The number of hydrogen-bond donors (Lipinski definition) is 3. The average Bonchev–Trinajstić information content (AvgIpc) is 2.86. The van der Waals surface area contributed by atoms with E-state index in [1.165, 1.54) is 83.5 Å². The Bertz CT molecular complexity index is 541. The molecule has 0 spiro atoms. The highest BCUT2D eigenvalue weighted by Crippen LogP contribution is 2.10. The molecule has 0 aromatic rings. The van der Waals surface area contributed by atoms with Crippen molar-refractivity contribution >= 4 is 5.91 Å². The van der Waals surface area contributed by atoms with E-state index in [1.54, 1.807) is 12.2 Å². The lowest BCUT2D eigenvalue weighted by molar-refractivity contribution is -0.123. The zero-order valence-corrected chi connectivity index (χ0v) is 23.1. The van der Waals surface area contributed by atoms with Crippen molar-refractivity contribution < 1.29 is 15.0 Å². The van der Waals surface area contributed by atoms with Gasteiger partial charge in [-0.05, 0) is 44.9 Å². The first kappa shape index (κ1) is 33.6. The molecule has 0 aromatic heterocycles. The molecule has 0 aliphatic carbocycles. The van der Waals surface area contributed by atoms with Crippen LogP contribution in [-0.4, -0.2) is 34.9 Å². The van der Waals surface area contributed by atoms with Crippen LogP contribution in [0.5, 0.6) is 0 Å². The molecule has 0 heterocycles. The van der Waals surface area contributed by atoms with Crippen LogP contribution < -0.4 is 5.32 Å². The molecule has 2 atom stereocenters. The third kappa shape index (κ3) is 24.1. The Balaban J connectivity index is 3.78. The van der Waals surface area contributed by atoms with Crippen LogP contribution in [0, 0.1) is 0 Å². The van der Waals surface area contributed by atoms with E-state index in [4.69, 9.17) is 0 Å². The Hall–Kier alpha value is -1.39. The van der Waals surface area contributed by atoms with Gasteiger partial charge in [0.1, 0.15) is 0 Å². The van der Waals surface area contributed by atoms with E-state index in [-0.39, 0.29) is 12.5 Å². The Morgan fingerprint density at radius 2 is 1.17 bits per heavy atom. The van der Waals surface area contributed by atoms with Gasteiger partial charge in [0.25, 0.3) is 0 Å². The molecular formula is C31H57NO3. The van der Waals surface area contributed by atoms with Gasteiger partial charge in [-0.3, -0.25) is 4.79 Å². The molecule has 0 saturated carbocycles. The zero-order chi connectivity index (χ0) is 25.8. The molecule has 204 valence electrons. The number of aliphatic hydroxyl groups excluding tert-OH is 2. The SMILES string of the molecule is CCCCCC/C=C/CCCCCCCC(=O)N[C@@H](CO)[C@H](O)/C=C/C=C/CCCCCCCC. The molecule has 0 rings (SSSR count). The van der Waals surface area contributed by atoms with Crippen LogP contribution in [0.1, 0.15) is 136 Å². The quantitative estimate of drug-likeness (QED) is 0.0689. The first-order valence-electron chi connectivity index (χ1n) is 14.7. The third-order valence-corrected chi connectivity index (χ3v) is 6.40. The fourth-order valence-electron chi connectivity index (χ4n) is 4.05. The number of carbonyl (C=O) groups excluding carboxylic acids is 1. The zero-order valence-electron chi connectivity index (χ0n) is 23.1. The lowest BCUT2D eigenvalue weighted by Crippen LogP contribution is -2.45.